The smallest absolute Gasteiger partial charge is 0.343 e. The van der Waals surface area contributed by atoms with Crippen molar-refractivity contribution in [2.24, 2.45) is 0 Å². The number of carbonyl (C=O) groups excluding carboxylic acids is 2. The maximum absolute atomic E-state index is 12.4. The highest BCUT2D eigenvalue weighted by atomic mass is 16.5. The van der Waals surface area contributed by atoms with E-state index in [1.54, 1.807) is 12.1 Å². The van der Waals surface area contributed by atoms with Crippen LogP contribution >= 0.6 is 0 Å². The van der Waals surface area contributed by atoms with Gasteiger partial charge >= 0.3 is 11.9 Å². The van der Waals surface area contributed by atoms with E-state index in [4.69, 9.17) is 9.47 Å². The zero-order valence-electron chi connectivity index (χ0n) is 18.2. The molecule has 0 bridgehead atoms. The molecule has 0 heterocycles. The third-order valence-electron chi connectivity index (χ3n) is 5.90. The summed E-state index contributed by atoms with van der Waals surface area (Å²) in [5, 5.41) is 18.8. The Hall–Kier alpha value is -4.58. The first-order chi connectivity index (χ1) is 16.4. The van der Waals surface area contributed by atoms with Gasteiger partial charge in [0, 0.05) is 5.92 Å². The number of carbonyl (C=O) groups is 2. The Bertz CT molecular complexity index is 1300. The van der Waals surface area contributed by atoms with E-state index in [1.165, 1.54) is 48.5 Å². The number of phenols is 2. The van der Waals surface area contributed by atoms with Gasteiger partial charge in [0.2, 0.25) is 0 Å². The molecule has 0 spiro atoms. The fraction of sp³-hybridized carbons (Fsp3) is 0.0714. The summed E-state index contributed by atoms with van der Waals surface area (Å²) in [6, 6.07) is 22.8. The minimum absolute atomic E-state index is 0.00430. The van der Waals surface area contributed by atoms with Crippen LogP contribution in [-0.2, 0) is 0 Å². The molecule has 0 aromatic heterocycles. The van der Waals surface area contributed by atoms with Crippen molar-refractivity contribution in [3.8, 4) is 34.1 Å². The van der Waals surface area contributed by atoms with E-state index in [9.17, 15) is 19.8 Å². The van der Waals surface area contributed by atoms with E-state index in [0.717, 1.165) is 22.3 Å². The average Bonchev–Trinajstić information content (AvgIpc) is 3.11. The van der Waals surface area contributed by atoms with Crippen LogP contribution in [0.3, 0.4) is 0 Å². The first kappa shape index (κ1) is 21.3. The largest absolute Gasteiger partial charge is 0.508 e. The molecule has 0 unspecified atom stereocenters. The van der Waals surface area contributed by atoms with Gasteiger partial charge < -0.3 is 19.7 Å². The van der Waals surface area contributed by atoms with Crippen LogP contribution in [-0.4, -0.2) is 22.2 Å². The van der Waals surface area contributed by atoms with Crippen LogP contribution in [0.25, 0.3) is 11.1 Å². The van der Waals surface area contributed by atoms with E-state index < -0.39 is 11.9 Å². The summed E-state index contributed by atoms with van der Waals surface area (Å²) in [6.45, 7) is 2.04. The molecule has 168 valence electrons. The Labute approximate surface area is 195 Å². The Balaban J connectivity index is 1.35. The molecule has 1 aliphatic rings. The van der Waals surface area contributed by atoms with Crippen molar-refractivity contribution in [1.29, 1.82) is 0 Å². The average molecular weight is 452 g/mol. The van der Waals surface area contributed by atoms with Crippen LogP contribution < -0.4 is 9.47 Å². The zero-order valence-corrected chi connectivity index (χ0v) is 18.2. The van der Waals surface area contributed by atoms with E-state index in [2.05, 4.69) is 0 Å². The van der Waals surface area contributed by atoms with Crippen LogP contribution in [0, 0.1) is 0 Å². The molecule has 4 aromatic carbocycles. The molecule has 0 saturated carbocycles. The molecule has 0 radical (unpaired) electrons. The van der Waals surface area contributed by atoms with Crippen LogP contribution in [0.2, 0.25) is 0 Å². The lowest BCUT2D eigenvalue weighted by Crippen LogP contribution is -2.08. The quantitative estimate of drug-likeness (QED) is 0.306. The second-order valence-corrected chi connectivity index (χ2v) is 8.09. The van der Waals surface area contributed by atoms with Crippen molar-refractivity contribution in [2.45, 2.75) is 12.8 Å². The second kappa shape index (κ2) is 8.41. The lowest BCUT2D eigenvalue weighted by molar-refractivity contribution is 0.0725. The van der Waals surface area contributed by atoms with E-state index in [0.29, 0.717) is 22.6 Å². The summed E-state index contributed by atoms with van der Waals surface area (Å²) in [5.41, 5.74) is 4.76. The molecule has 1 aliphatic carbocycles. The predicted octanol–water partition coefficient (Wildman–Crippen LogP) is 5.67. The molecular weight excluding hydrogens is 432 g/mol. The first-order valence-corrected chi connectivity index (χ1v) is 10.7. The molecule has 34 heavy (non-hydrogen) atoms. The number of phenolic OH excluding ortho intramolecular Hbond substituents is 2. The lowest BCUT2D eigenvalue weighted by Gasteiger charge is -2.10. The molecule has 0 amide bonds. The number of hydrogen-bond donors (Lipinski definition) is 2. The Morgan fingerprint density at radius 3 is 1.38 bits per heavy atom. The van der Waals surface area contributed by atoms with Crippen LogP contribution in [0.4, 0.5) is 0 Å². The second-order valence-electron chi connectivity index (χ2n) is 8.09. The topological polar surface area (TPSA) is 93.1 Å². The van der Waals surface area contributed by atoms with Crippen molar-refractivity contribution >= 4 is 11.9 Å². The predicted molar refractivity (Wildman–Crippen MR) is 126 cm³/mol. The Morgan fingerprint density at radius 2 is 1.00 bits per heavy atom. The molecule has 0 aliphatic heterocycles. The maximum atomic E-state index is 12.4. The van der Waals surface area contributed by atoms with Crippen LogP contribution in [0.1, 0.15) is 44.7 Å². The van der Waals surface area contributed by atoms with E-state index in [1.807, 2.05) is 31.2 Å². The molecule has 2 N–H and O–H groups in total. The third-order valence-corrected chi connectivity index (χ3v) is 5.90. The van der Waals surface area contributed by atoms with Gasteiger partial charge in [-0.15, -0.1) is 0 Å². The molecule has 5 rings (SSSR count). The van der Waals surface area contributed by atoms with E-state index in [-0.39, 0.29) is 17.4 Å². The molecule has 0 atom stereocenters. The van der Waals surface area contributed by atoms with Crippen molar-refractivity contribution in [1.82, 2.24) is 0 Å². The monoisotopic (exact) mass is 452 g/mol. The van der Waals surface area contributed by atoms with Crippen molar-refractivity contribution < 1.29 is 29.3 Å². The van der Waals surface area contributed by atoms with Gasteiger partial charge in [-0.3, -0.25) is 0 Å². The fourth-order valence-corrected chi connectivity index (χ4v) is 4.11. The summed E-state index contributed by atoms with van der Waals surface area (Å²) >= 11 is 0. The first-order valence-electron chi connectivity index (χ1n) is 10.7. The Kier molecular flexibility index (Phi) is 5.26. The summed E-state index contributed by atoms with van der Waals surface area (Å²) in [6.07, 6.45) is 0. The summed E-state index contributed by atoms with van der Waals surface area (Å²) in [5.74, 6) is -0.00349. The van der Waals surface area contributed by atoms with Gasteiger partial charge in [0.05, 0.1) is 11.1 Å². The highest BCUT2D eigenvalue weighted by molar-refractivity contribution is 5.92. The van der Waals surface area contributed by atoms with Crippen LogP contribution in [0.5, 0.6) is 23.0 Å². The maximum Gasteiger partial charge on any atom is 0.343 e. The summed E-state index contributed by atoms with van der Waals surface area (Å²) in [4.78, 5) is 24.9. The SMILES string of the molecule is CC1c2cc(OC(=O)c3ccc(O)cc3)ccc2-c2ccc(OC(=O)c3ccc(O)cc3)cc21. The number of benzene rings is 4. The molecule has 6 nitrogen and oxygen atoms in total. The number of aromatic hydroxyl groups is 2. The van der Waals surface area contributed by atoms with E-state index >= 15 is 0 Å². The van der Waals surface area contributed by atoms with Gasteiger partial charge in [0.1, 0.15) is 23.0 Å². The van der Waals surface area contributed by atoms with Gasteiger partial charge in [-0.2, -0.15) is 0 Å². The number of fused-ring (bicyclic) bond motifs is 3. The normalized spacial score (nSPS) is 12.0. The van der Waals surface area contributed by atoms with Gasteiger partial charge in [-0.1, -0.05) is 19.1 Å². The fourth-order valence-electron chi connectivity index (χ4n) is 4.11. The van der Waals surface area contributed by atoms with Crippen molar-refractivity contribution in [3.05, 3.63) is 107 Å². The van der Waals surface area contributed by atoms with Crippen molar-refractivity contribution in [2.75, 3.05) is 0 Å². The minimum atomic E-state index is -0.508. The highest BCUT2D eigenvalue weighted by Crippen LogP contribution is 2.47. The lowest BCUT2D eigenvalue weighted by atomic mass is 9.99. The molecular formula is C28H20O6. The van der Waals surface area contributed by atoms with Gasteiger partial charge in [-0.05, 0) is 95.1 Å². The third kappa shape index (κ3) is 3.97. The summed E-state index contributed by atoms with van der Waals surface area (Å²) < 4.78 is 11.1. The van der Waals surface area contributed by atoms with Gasteiger partial charge in [-0.25, -0.2) is 9.59 Å². The molecule has 4 aromatic rings. The minimum Gasteiger partial charge on any atom is -0.508 e. The number of hydrogen-bond acceptors (Lipinski definition) is 6. The van der Waals surface area contributed by atoms with Gasteiger partial charge in [0.15, 0.2) is 0 Å². The standard InChI is InChI=1S/C28H20O6/c1-16-25-14-21(33-27(31)17-2-6-19(29)7-3-17)10-12-23(25)24-13-11-22(15-26(16)24)34-28(32)18-4-8-20(30)9-5-18/h2-16,29-30H,1H3. The zero-order chi connectivity index (χ0) is 23.8. The number of rotatable bonds is 4. The summed E-state index contributed by atoms with van der Waals surface area (Å²) in [7, 11) is 0. The Morgan fingerprint density at radius 1 is 0.618 bits per heavy atom. The van der Waals surface area contributed by atoms with Crippen molar-refractivity contribution in [3.63, 3.8) is 0 Å². The molecule has 0 fully saturated rings. The molecule has 6 heteroatoms. The van der Waals surface area contributed by atoms with Gasteiger partial charge in [0.25, 0.3) is 0 Å². The molecule has 0 saturated heterocycles. The highest BCUT2D eigenvalue weighted by Gasteiger charge is 2.27. The van der Waals surface area contributed by atoms with Crippen LogP contribution in [0.15, 0.2) is 84.9 Å². The number of esters is 2. The number of ether oxygens (including phenoxy) is 2.